The number of aryl methyl sites for hydroxylation is 1. The third kappa shape index (κ3) is 2.28. The van der Waals surface area contributed by atoms with E-state index < -0.39 is 0 Å². The van der Waals surface area contributed by atoms with E-state index in [1.165, 1.54) is 32.7 Å². The smallest absolute Gasteiger partial charge is 0.123 e. The third-order valence-electron chi connectivity index (χ3n) is 4.91. The summed E-state index contributed by atoms with van der Waals surface area (Å²) in [6.07, 6.45) is 0. The molecule has 0 atom stereocenters. The van der Waals surface area contributed by atoms with Gasteiger partial charge in [0.15, 0.2) is 0 Å². The maximum absolute atomic E-state index is 13.5. The Bertz CT molecular complexity index is 1240. The molecule has 26 heavy (non-hydrogen) atoms. The summed E-state index contributed by atoms with van der Waals surface area (Å²) in [5.41, 5.74) is 5.64. The van der Waals surface area contributed by atoms with Crippen LogP contribution >= 0.6 is 11.3 Å². The van der Waals surface area contributed by atoms with E-state index in [0.29, 0.717) is 0 Å². The van der Waals surface area contributed by atoms with Crippen molar-refractivity contribution in [2.75, 3.05) is 0 Å². The molecule has 5 rings (SSSR count). The lowest BCUT2D eigenvalue weighted by Crippen LogP contribution is -1.83. The van der Waals surface area contributed by atoms with Crippen molar-refractivity contribution < 1.29 is 4.39 Å². The van der Waals surface area contributed by atoms with Gasteiger partial charge in [0.2, 0.25) is 0 Å². The Morgan fingerprint density at radius 2 is 1.50 bits per heavy atom. The number of H-pyrrole nitrogens is 1. The van der Waals surface area contributed by atoms with Gasteiger partial charge in [-0.1, -0.05) is 48.5 Å². The zero-order chi connectivity index (χ0) is 17.7. The fourth-order valence-corrected chi connectivity index (χ4v) is 4.86. The number of fused-ring (bicyclic) bond motifs is 2. The van der Waals surface area contributed by atoms with E-state index in [2.05, 4.69) is 48.3 Å². The van der Waals surface area contributed by atoms with Gasteiger partial charge in [0.05, 0.1) is 10.6 Å². The molecule has 2 heterocycles. The van der Waals surface area contributed by atoms with E-state index in [4.69, 9.17) is 0 Å². The Kier molecular flexibility index (Phi) is 3.44. The first kappa shape index (κ1) is 15.4. The number of para-hydroxylation sites is 1. The zero-order valence-corrected chi connectivity index (χ0v) is 15.0. The number of benzene rings is 3. The molecule has 0 radical (unpaired) electrons. The van der Waals surface area contributed by atoms with Crippen molar-refractivity contribution in [1.82, 2.24) is 4.98 Å². The summed E-state index contributed by atoms with van der Waals surface area (Å²) < 4.78 is 14.7. The number of aromatic nitrogens is 1. The monoisotopic (exact) mass is 357 g/mol. The number of halogens is 1. The third-order valence-corrected chi connectivity index (χ3v) is 6.20. The molecule has 2 aromatic heterocycles. The zero-order valence-electron chi connectivity index (χ0n) is 14.2. The average Bonchev–Trinajstić information content (AvgIpc) is 3.21. The van der Waals surface area contributed by atoms with Gasteiger partial charge >= 0.3 is 0 Å². The number of rotatable bonds is 2. The molecule has 0 aliphatic carbocycles. The van der Waals surface area contributed by atoms with Gasteiger partial charge in [-0.25, -0.2) is 4.39 Å². The van der Waals surface area contributed by atoms with Crippen LogP contribution in [-0.2, 0) is 0 Å². The fraction of sp³-hybridized carbons (Fsp3) is 0.0435. The molecule has 1 N–H and O–H groups in total. The number of nitrogens with one attached hydrogen (secondary N) is 1. The normalized spacial score (nSPS) is 11.5. The quantitative estimate of drug-likeness (QED) is 0.345. The molecule has 0 unspecified atom stereocenters. The van der Waals surface area contributed by atoms with Crippen LogP contribution in [0.3, 0.4) is 0 Å². The van der Waals surface area contributed by atoms with Gasteiger partial charge in [-0.2, -0.15) is 0 Å². The minimum absolute atomic E-state index is 0.215. The maximum atomic E-state index is 13.5. The Hall–Kier alpha value is -2.91. The van der Waals surface area contributed by atoms with Crippen LogP contribution in [-0.4, -0.2) is 4.98 Å². The number of thiophene rings is 1. The Morgan fingerprint density at radius 1 is 0.808 bits per heavy atom. The Labute approximate surface area is 154 Å². The molecule has 1 nitrogen and oxygen atoms in total. The molecule has 0 aliphatic heterocycles. The van der Waals surface area contributed by atoms with E-state index in [0.717, 1.165) is 27.7 Å². The van der Waals surface area contributed by atoms with Crippen LogP contribution in [0.15, 0.2) is 72.8 Å². The van der Waals surface area contributed by atoms with Gasteiger partial charge in [-0.05, 0) is 47.7 Å². The Morgan fingerprint density at radius 3 is 2.27 bits per heavy atom. The largest absolute Gasteiger partial charge is 0.353 e. The Balaban J connectivity index is 1.86. The molecule has 0 aliphatic rings. The lowest BCUT2D eigenvalue weighted by atomic mass is 10.00. The van der Waals surface area contributed by atoms with Gasteiger partial charge in [0.25, 0.3) is 0 Å². The number of aromatic amines is 1. The highest BCUT2D eigenvalue weighted by molar-refractivity contribution is 7.22. The molecule has 5 aromatic rings. The van der Waals surface area contributed by atoms with Crippen LogP contribution in [0.1, 0.15) is 5.56 Å². The summed E-state index contributed by atoms with van der Waals surface area (Å²) >= 11 is 1.80. The summed E-state index contributed by atoms with van der Waals surface area (Å²) in [6, 6.07) is 23.6. The summed E-state index contributed by atoms with van der Waals surface area (Å²) in [4.78, 5) is 4.85. The van der Waals surface area contributed by atoms with Crippen molar-refractivity contribution >= 4 is 32.3 Å². The molecular weight excluding hydrogens is 341 g/mol. The van der Waals surface area contributed by atoms with E-state index in [1.54, 1.807) is 11.3 Å². The minimum Gasteiger partial charge on any atom is -0.353 e. The second kappa shape index (κ2) is 5.82. The molecule has 0 amide bonds. The van der Waals surface area contributed by atoms with Crippen LogP contribution in [0.4, 0.5) is 4.39 Å². The van der Waals surface area contributed by atoms with Crippen LogP contribution in [0.2, 0.25) is 0 Å². The predicted molar refractivity (Wildman–Crippen MR) is 109 cm³/mol. The summed E-state index contributed by atoms with van der Waals surface area (Å²) in [5.74, 6) is -0.215. The highest BCUT2D eigenvalue weighted by atomic mass is 32.1. The highest BCUT2D eigenvalue weighted by Crippen LogP contribution is 2.44. The van der Waals surface area contributed by atoms with Gasteiger partial charge in [0, 0.05) is 21.2 Å². The van der Waals surface area contributed by atoms with Crippen molar-refractivity contribution in [1.29, 1.82) is 0 Å². The minimum atomic E-state index is -0.215. The molecule has 126 valence electrons. The van der Waals surface area contributed by atoms with Crippen LogP contribution in [0.25, 0.3) is 42.7 Å². The fourth-order valence-electron chi connectivity index (χ4n) is 3.64. The average molecular weight is 357 g/mol. The van der Waals surface area contributed by atoms with Gasteiger partial charge in [0.1, 0.15) is 5.82 Å². The molecule has 0 saturated carbocycles. The topological polar surface area (TPSA) is 15.8 Å². The second-order valence-electron chi connectivity index (χ2n) is 6.48. The van der Waals surface area contributed by atoms with Crippen molar-refractivity contribution in [3.63, 3.8) is 0 Å². The first-order valence-corrected chi connectivity index (χ1v) is 9.39. The molecule has 0 saturated heterocycles. The van der Waals surface area contributed by atoms with Crippen molar-refractivity contribution in [2.45, 2.75) is 6.92 Å². The van der Waals surface area contributed by atoms with E-state index in [-0.39, 0.29) is 5.82 Å². The molecule has 0 spiro atoms. The van der Waals surface area contributed by atoms with Crippen LogP contribution in [0.5, 0.6) is 0 Å². The van der Waals surface area contributed by atoms with Gasteiger partial charge in [-0.3, -0.25) is 0 Å². The lowest BCUT2D eigenvalue weighted by Gasteiger charge is -2.05. The first-order valence-electron chi connectivity index (χ1n) is 8.57. The van der Waals surface area contributed by atoms with Crippen molar-refractivity contribution in [3.8, 4) is 21.7 Å². The SMILES string of the molecule is Cc1c(-c2[nH]c3ccccc3c2-c2ccc(F)cc2)sc2ccccc12. The molecular formula is C23H16FNS. The second-order valence-corrected chi connectivity index (χ2v) is 7.53. The van der Waals surface area contributed by atoms with E-state index in [1.807, 2.05) is 24.3 Å². The summed E-state index contributed by atoms with van der Waals surface area (Å²) in [6.45, 7) is 2.17. The van der Waals surface area contributed by atoms with Gasteiger partial charge in [-0.15, -0.1) is 11.3 Å². The van der Waals surface area contributed by atoms with Crippen molar-refractivity contribution in [2.24, 2.45) is 0 Å². The maximum Gasteiger partial charge on any atom is 0.123 e. The van der Waals surface area contributed by atoms with E-state index in [9.17, 15) is 4.39 Å². The van der Waals surface area contributed by atoms with E-state index >= 15 is 0 Å². The molecule has 0 bridgehead atoms. The standard InChI is InChI=1S/C23H16FNS/c1-14-17-6-3-5-9-20(17)26-23(14)22-21(15-10-12-16(24)13-11-15)18-7-2-4-8-19(18)25-22/h2-13,25H,1H3. The predicted octanol–water partition coefficient (Wildman–Crippen LogP) is 7.16. The number of hydrogen-bond acceptors (Lipinski definition) is 1. The van der Waals surface area contributed by atoms with Crippen LogP contribution < -0.4 is 0 Å². The van der Waals surface area contributed by atoms with Gasteiger partial charge < -0.3 is 4.98 Å². The first-order chi connectivity index (χ1) is 12.7. The number of hydrogen-bond donors (Lipinski definition) is 1. The lowest BCUT2D eigenvalue weighted by molar-refractivity contribution is 0.628. The summed E-state index contributed by atoms with van der Waals surface area (Å²) in [5, 5.41) is 2.45. The molecule has 0 fully saturated rings. The van der Waals surface area contributed by atoms with Crippen LogP contribution in [0, 0.1) is 12.7 Å². The summed E-state index contributed by atoms with van der Waals surface area (Å²) in [7, 11) is 0. The van der Waals surface area contributed by atoms with Crippen molar-refractivity contribution in [3.05, 3.63) is 84.2 Å². The molecule has 3 aromatic carbocycles. The molecule has 3 heteroatoms. The highest BCUT2D eigenvalue weighted by Gasteiger charge is 2.19.